The quantitative estimate of drug-likeness (QED) is 0.648. The van der Waals surface area contributed by atoms with Crippen molar-refractivity contribution in [3.8, 4) is 0 Å². The Morgan fingerprint density at radius 1 is 1.31 bits per heavy atom. The minimum absolute atomic E-state index is 0.552. The molecule has 3 fully saturated rings. The summed E-state index contributed by atoms with van der Waals surface area (Å²) in [7, 11) is 4.19. The van der Waals surface area contributed by atoms with Gasteiger partial charge in [0, 0.05) is 20.3 Å². The van der Waals surface area contributed by atoms with Gasteiger partial charge in [0.15, 0.2) is 0 Å². The standard InChI is InChI=1S/C15H21N/c1-15(2)12-7-11-5-10(9-16(3)4)6-13(11)14(15)8-12/h5-6,9,12,14H,7-8H2,1-4H3/b10-9-/t12-,14-/m0/s1. The molecule has 2 atom stereocenters. The van der Waals surface area contributed by atoms with Crippen LogP contribution in [0.5, 0.6) is 0 Å². The Morgan fingerprint density at radius 2 is 2.06 bits per heavy atom. The molecule has 0 aliphatic heterocycles. The van der Waals surface area contributed by atoms with Crippen molar-refractivity contribution in [2.24, 2.45) is 17.3 Å². The highest BCUT2D eigenvalue weighted by atomic mass is 15.0. The summed E-state index contributed by atoms with van der Waals surface area (Å²) < 4.78 is 0. The van der Waals surface area contributed by atoms with E-state index in [0.717, 1.165) is 11.8 Å². The van der Waals surface area contributed by atoms with E-state index in [1.54, 1.807) is 11.1 Å². The summed E-state index contributed by atoms with van der Waals surface area (Å²) in [6, 6.07) is 0. The average Bonchev–Trinajstić information content (AvgIpc) is 2.57. The molecule has 0 saturated heterocycles. The third-order valence-corrected chi connectivity index (χ3v) is 4.75. The molecule has 4 rings (SSSR count). The summed E-state index contributed by atoms with van der Waals surface area (Å²) >= 11 is 0. The number of rotatable bonds is 1. The Balaban J connectivity index is 1.95. The fourth-order valence-corrected chi connectivity index (χ4v) is 3.63. The lowest BCUT2D eigenvalue weighted by Gasteiger charge is -2.58. The smallest absolute Gasteiger partial charge is 0.00588 e. The summed E-state index contributed by atoms with van der Waals surface area (Å²) in [5, 5.41) is 0. The van der Waals surface area contributed by atoms with E-state index in [1.165, 1.54) is 18.4 Å². The van der Waals surface area contributed by atoms with Crippen LogP contribution in [0.3, 0.4) is 0 Å². The Labute approximate surface area is 98.5 Å². The predicted octanol–water partition coefficient (Wildman–Crippen LogP) is 3.36. The zero-order valence-electron chi connectivity index (χ0n) is 10.7. The van der Waals surface area contributed by atoms with Gasteiger partial charge in [-0.05, 0) is 59.0 Å². The van der Waals surface area contributed by atoms with Crippen LogP contribution < -0.4 is 0 Å². The molecule has 86 valence electrons. The van der Waals surface area contributed by atoms with Gasteiger partial charge in [-0.2, -0.15) is 0 Å². The fraction of sp³-hybridized carbons (Fsp3) is 0.600. The molecule has 1 heteroatoms. The SMILES string of the molecule is CN(C)/C=C1/C=C2C[C@H]3C[C@@H](C2=C1)C3(C)C. The van der Waals surface area contributed by atoms with Gasteiger partial charge in [-0.3, -0.25) is 0 Å². The Kier molecular flexibility index (Phi) is 1.93. The molecule has 1 nitrogen and oxygen atoms in total. The number of nitrogens with zero attached hydrogens (tertiary/aromatic N) is 1. The Morgan fingerprint density at radius 3 is 2.69 bits per heavy atom. The van der Waals surface area contributed by atoms with Crippen LogP contribution in [0, 0.1) is 17.3 Å². The van der Waals surface area contributed by atoms with Crippen molar-refractivity contribution >= 4 is 0 Å². The molecule has 0 radical (unpaired) electrons. The molecule has 0 aromatic rings. The number of allylic oxidation sites excluding steroid dienone is 5. The molecule has 0 amide bonds. The fourth-order valence-electron chi connectivity index (χ4n) is 3.63. The van der Waals surface area contributed by atoms with E-state index in [4.69, 9.17) is 0 Å². The molecule has 0 aromatic heterocycles. The maximum Gasteiger partial charge on any atom is 0.00588 e. The van der Waals surface area contributed by atoms with Crippen LogP contribution in [0.4, 0.5) is 0 Å². The van der Waals surface area contributed by atoms with E-state index in [1.807, 2.05) is 0 Å². The number of hydrogen-bond donors (Lipinski definition) is 0. The molecule has 0 unspecified atom stereocenters. The molecule has 3 saturated carbocycles. The molecule has 2 bridgehead atoms. The van der Waals surface area contributed by atoms with Crippen molar-refractivity contribution in [2.45, 2.75) is 26.7 Å². The van der Waals surface area contributed by atoms with Crippen LogP contribution in [0.1, 0.15) is 26.7 Å². The summed E-state index contributed by atoms with van der Waals surface area (Å²) in [5.41, 5.74) is 5.20. The second-order valence-corrected chi connectivity index (χ2v) is 6.37. The van der Waals surface area contributed by atoms with Gasteiger partial charge < -0.3 is 4.90 Å². The first-order valence-corrected chi connectivity index (χ1v) is 6.29. The number of hydrogen-bond acceptors (Lipinski definition) is 1. The van der Waals surface area contributed by atoms with Crippen molar-refractivity contribution in [1.29, 1.82) is 0 Å². The van der Waals surface area contributed by atoms with Crippen LogP contribution in [-0.2, 0) is 0 Å². The first kappa shape index (κ1) is 10.2. The lowest BCUT2D eigenvalue weighted by Crippen LogP contribution is -2.49. The van der Waals surface area contributed by atoms with Crippen LogP contribution in [-0.4, -0.2) is 19.0 Å². The molecule has 0 N–H and O–H groups in total. The first-order valence-electron chi connectivity index (χ1n) is 6.29. The van der Waals surface area contributed by atoms with Crippen LogP contribution in [0.15, 0.2) is 35.1 Å². The van der Waals surface area contributed by atoms with E-state index in [-0.39, 0.29) is 0 Å². The summed E-state index contributed by atoms with van der Waals surface area (Å²) in [6.07, 6.45) is 9.76. The zero-order chi connectivity index (χ0) is 11.5. The van der Waals surface area contributed by atoms with Gasteiger partial charge >= 0.3 is 0 Å². The first-order chi connectivity index (χ1) is 7.48. The summed E-state index contributed by atoms with van der Waals surface area (Å²) in [5.74, 6) is 1.75. The van der Waals surface area contributed by atoms with E-state index >= 15 is 0 Å². The molecular weight excluding hydrogens is 194 g/mol. The van der Waals surface area contributed by atoms with Crippen molar-refractivity contribution in [1.82, 2.24) is 4.90 Å². The predicted molar refractivity (Wildman–Crippen MR) is 67.9 cm³/mol. The van der Waals surface area contributed by atoms with Gasteiger partial charge in [-0.15, -0.1) is 0 Å². The minimum Gasteiger partial charge on any atom is -0.383 e. The van der Waals surface area contributed by atoms with Crippen molar-refractivity contribution in [3.63, 3.8) is 0 Å². The molecule has 0 spiro atoms. The van der Waals surface area contributed by atoms with Gasteiger partial charge in [-0.1, -0.05) is 13.8 Å². The van der Waals surface area contributed by atoms with Crippen LogP contribution in [0.25, 0.3) is 0 Å². The average molecular weight is 215 g/mol. The Hall–Kier alpha value is -0.980. The third kappa shape index (κ3) is 1.24. The highest BCUT2D eigenvalue weighted by molar-refractivity contribution is 5.56. The van der Waals surface area contributed by atoms with Crippen molar-refractivity contribution in [2.75, 3.05) is 14.1 Å². The second kappa shape index (κ2) is 3.03. The van der Waals surface area contributed by atoms with Gasteiger partial charge in [0.2, 0.25) is 0 Å². The molecule has 4 aliphatic rings. The van der Waals surface area contributed by atoms with E-state index in [2.05, 4.69) is 51.2 Å². The van der Waals surface area contributed by atoms with Gasteiger partial charge in [0.05, 0.1) is 0 Å². The maximum absolute atomic E-state index is 2.44. The van der Waals surface area contributed by atoms with Crippen molar-refractivity contribution in [3.05, 3.63) is 35.1 Å². The largest absolute Gasteiger partial charge is 0.383 e. The normalized spacial score (nSPS) is 36.4. The molecule has 16 heavy (non-hydrogen) atoms. The van der Waals surface area contributed by atoms with Gasteiger partial charge in [0.1, 0.15) is 0 Å². The highest BCUT2D eigenvalue weighted by Gasteiger charge is 2.54. The molecule has 0 heterocycles. The van der Waals surface area contributed by atoms with E-state index in [9.17, 15) is 0 Å². The van der Waals surface area contributed by atoms with E-state index < -0.39 is 0 Å². The zero-order valence-corrected chi connectivity index (χ0v) is 10.7. The molecular formula is C15H21N. The second-order valence-electron chi connectivity index (χ2n) is 6.37. The van der Waals surface area contributed by atoms with Crippen LogP contribution >= 0.6 is 0 Å². The van der Waals surface area contributed by atoms with E-state index in [0.29, 0.717) is 5.41 Å². The van der Waals surface area contributed by atoms with Crippen LogP contribution in [0.2, 0.25) is 0 Å². The van der Waals surface area contributed by atoms with Gasteiger partial charge in [-0.25, -0.2) is 0 Å². The van der Waals surface area contributed by atoms with Crippen molar-refractivity contribution < 1.29 is 0 Å². The Bertz CT molecular complexity index is 421. The molecule has 0 aromatic carbocycles. The third-order valence-electron chi connectivity index (χ3n) is 4.75. The lowest BCUT2D eigenvalue weighted by molar-refractivity contribution is -0.0107. The molecule has 4 aliphatic carbocycles. The summed E-state index contributed by atoms with van der Waals surface area (Å²) in [4.78, 5) is 2.14. The van der Waals surface area contributed by atoms with Gasteiger partial charge in [0.25, 0.3) is 0 Å². The monoisotopic (exact) mass is 215 g/mol. The topological polar surface area (TPSA) is 3.24 Å². The maximum atomic E-state index is 2.44. The lowest BCUT2D eigenvalue weighted by atomic mass is 9.47. The summed E-state index contributed by atoms with van der Waals surface area (Å²) in [6.45, 7) is 4.88. The highest BCUT2D eigenvalue weighted by Crippen LogP contribution is 2.64. The minimum atomic E-state index is 0.552.